The number of aromatic amines is 1. The molecular weight excluding hydrogens is 428 g/mol. The number of ether oxygens (including phenoxy) is 1. The third-order valence-electron chi connectivity index (χ3n) is 6.53. The molecule has 3 aromatic rings. The lowest BCUT2D eigenvalue weighted by molar-refractivity contribution is 0.161. The highest BCUT2D eigenvalue weighted by atomic mass is 32.1. The molecule has 0 aliphatic carbocycles. The van der Waals surface area contributed by atoms with Crippen LogP contribution >= 0.6 is 12.2 Å². The Bertz CT molecular complexity index is 1180. The van der Waals surface area contributed by atoms with Crippen molar-refractivity contribution in [2.45, 2.75) is 51.7 Å². The summed E-state index contributed by atoms with van der Waals surface area (Å²) in [6.45, 7) is 6.35. The normalized spacial score (nSPS) is 18.6. The molecule has 5 rings (SSSR count). The first-order chi connectivity index (χ1) is 16.0. The van der Waals surface area contributed by atoms with Gasteiger partial charge in [0.2, 0.25) is 0 Å². The van der Waals surface area contributed by atoms with Crippen LogP contribution in [0.3, 0.4) is 0 Å². The van der Waals surface area contributed by atoms with E-state index in [2.05, 4.69) is 51.0 Å². The van der Waals surface area contributed by atoms with Crippen molar-refractivity contribution in [3.05, 3.63) is 60.3 Å². The van der Waals surface area contributed by atoms with Crippen molar-refractivity contribution in [3.63, 3.8) is 0 Å². The SMILES string of the molecule is CC(C)Oc1cccc(NC(=S)Nc2ccc3[nH]cc(C4=CCN5CCCCC5C4)c3c2)c1. The van der Waals surface area contributed by atoms with E-state index in [1.807, 2.05) is 38.1 Å². The zero-order valence-corrected chi connectivity index (χ0v) is 20.2. The highest BCUT2D eigenvalue weighted by molar-refractivity contribution is 7.80. The molecule has 2 aliphatic heterocycles. The molecule has 0 bridgehead atoms. The van der Waals surface area contributed by atoms with E-state index in [0.29, 0.717) is 11.2 Å². The Morgan fingerprint density at radius 2 is 1.97 bits per heavy atom. The van der Waals surface area contributed by atoms with Crippen LogP contribution in [0.1, 0.15) is 45.1 Å². The van der Waals surface area contributed by atoms with Crippen LogP contribution in [-0.2, 0) is 0 Å². The van der Waals surface area contributed by atoms with Gasteiger partial charge >= 0.3 is 0 Å². The summed E-state index contributed by atoms with van der Waals surface area (Å²) >= 11 is 5.59. The topological polar surface area (TPSA) is 52.3 Å². The number of anilines is 2. The highest BCUT2D eigenvalue weighted by Crippen LogP contribution is 2.35. The lowest BCUT2D eigenvalue weighted by atomic mass is 9.89. The minimum Gasteiger partial charge on any atom is -0.491 e. The lowest BCUT2D eigenvalue weighted by Gasteiger charge is -2.38. The number of aromatic nitrogens is 1. The Morgan fingerprint density at radius 1 is 1.12 bits per heavy atom. The van der Waals surface area contributed by atoms with Crippen LogP contribution in [-0.4, -0.2) is 40.2 Å². The quantitative estimate of drug-likeness (QED) is 0.384. The number of thiocarbonyl (C=S) groups is 1. The number of hydrogen-bond acceptors (Lipinski definition) is 3. The smallest absolute Gasteiger partial charge is 0.175 e. The molecular formula is C27H32N4OS. The Balaban J connectivity index is 1.31. The summed E-state index contributed by atoms with van der Waals surface area (Å²) in [5, 5.41) is 8.42. The van der Waals surface area contributed by atoms with E-state index in [4.69, 9.17) is 17.0 Å². The standard InChI is InChI=1S/C27H32N4OS/c1-18(2)32-23-8-5-6-20(15-23)29-27(33)30-21-9-10-26-24(16-21)25(17-28-26)19-11-13-31-12-4-3-7-22(31)14-19/h5-6,8-11,15-18,22,28H,3-4,7,12-14H2,1-2H3,(H2,29,30,33). The minimum atomic E-state index is 0.132. The van der Waals surface area contributed by atoms with Gasteiger partial charge in [0.25, 0.3) is 0 Å². The first-order valence-electron chi connectivity index (χ1n) is 11.9. The van der Waals surface area contributed by atoms with Crippen LogP contribution in [0, 0.1) is 0 Å². The van der Waals surface area contributed by atoms with Crippen LogP contribution < -0.4 is 15.4 Å². The summed E-state index contributed by atoms with van der Waals surface area (Å²) in [7, 11) is 0. The molecule has 1 fully saturated rings. The van der Waals surface area contributed by atoms with Gasteiger partial charge in [0, 0.05) is 52.7 Å². The maximum Gasteiger partial charge on any atom is 0.175 e. The van der Waals surface area contributed by atoms with E-state index in [0.717, 1.165) is 35.6 Å². The molecule has 0 radical (unpaired) electrons. The van der Waals surface area contributed by atoms with Gasteiger partial charge < -0.3 is 20.4 Å². The van der Waals surface area contributed by atoms with Crippen molar-refractivity contribution in [1.82, 2.24) is 9.88 Å². The lowest BCUT2D eigenvalue weighted by Crippen LogP contribution is -2.41. The first kappa shape index (κ1) is 22.0. The van der Waals surface area contributed by atoms with E-state index in [-0.39, 0.29) is 6.10 Å². The van der Waals surface area contributed by atoms with Crippen molar-refractivity contribution in [2.75, 3.05) is 23.7 Å². The molecule has 5 nitrogen and oxygen atoms in total. The van der Waals surface area contributed by atoms with Gasteiger partial charge in [-0.1, -0.05) is 18.6 Å². The fraction of sp³-hybridized carbons (Fsp3) is 0.370. The molecule has 1 unspecified atom stereocenters. The Morgan fingerprint density at radius 3 is 2.82 bits per heavy atom. The monoisotopic (exact) mass is 460 g/mol. The Hall–Kier alpha value is -2.83. The summed E-state index contributed by atoms with van der Waals surface area (Å²) in [5.74, 6) is 0.827. The number of rotatable bonds is 5. The molecule has 3 N–H and O–H groups in total. The fourth-order valence-electron chi connectivity index (χ4n) is 4.99. The number of nitrogens with one attached hydrogen (secondary N) is 3. The average Bonchev–Trinajstić information content (AvgIpc) is 3.22. The summed E-state index contributed by atoms with van der Waals surface area (Å²) in [6.07, 6.45) is 9.86. The first-order valence-corrected chi connectivity index (χ1v) is 12.4. The predicted octanol–water partition coefficient (Wildman–Crippen LogP) is 6.41. The third-order valence-corrected chi connectivity index (χ3v) is 6.73. The molecule has 1 atom stereocenters. The van der Waals surface area contributed by atoms with Crippen molar-refractivity contribution in [2.24, 2.45) is 0 Å². The molecule has 1 saturated heterocycles. The molecule has 172 valence electrons. The molecule has 33 heavy (non-hydrogen) atoms. The Kier molecular flexibility index (Phi) is 6.38. The number of H-pyrrole nitrogens is 1. The van der Waals surface area contributed by atoms with Crippen molar-refractivity contribution < 1.29 is 4.74 Å². The van der Waals surface area contributed by atoms with E-state index in [1.54, 1.807) is 0 Å². The average molecular weight is 461 g/mol. The van der Waals surface area contributed by atoms with E-state index >= 15 is 0 Å². The molecule has 1 aromatic heterocycles. The summed E-state index contributed by atoms with van der Waals surface area (Å²) in [5.41, 5.74) is 5.81. The van der Waals surface area contributed by atoms with Crippen LogP contribution in [0.2, 0.25) is 0 Å². The zero-order chi connectivity index (χ0) is 22.8. The molecule has 0 saturated carbocycles. The summed E-state index contributed by atoms with van der Waals surface area (Å²) in [4.78, 5) is 6.09. The predicted molar refractivity (Wildman–Crippen MR) is 142 cm³/mol. The van der Waals surface area contributed by atoms with Crippen LogP contribution in [0.15, 0.2) is 54.7 Å². The minimum absolute atomic E-state index is 0.132. The van der Waals surface area contributed by atoms with E-state index in [9.17, 15) is 0 Å². The molecule has 3 heterocycles. The number of hydrogen-bond donors (Lipinski definition) is 3. The van der Waals surface area contributed by atoms with Gasteiger partial charge in [-0.25, -0.2) is 0 Å². The second kappa shape index (κ2) is 9.57. The molecule has 0 spiro atoms. The number of nitrogens with zero attached hydrogens (tertiary/aromatic N) is 1. The fourth-order valence-corrected chi connectivity index (χ4v) is 5.23. The molecule has 2 aliphatic rings. The largest absolute Gasteiger partial charge is 0.491 e. The number of fused-ring (bicyclic) bond motifs is 2. The highest BCUT2D eigenvalue weighted by Gasteiger charge is 2.27. The van der Waals surface area contributed by atoms with Gasteiger partial charge in [-0.05, 0) is 87.8 Å². The van der Waals surface area contributed by atoms with Gasteiger partial charge in [0.05, 0.1) is 6.10 Å². The van der Waals surface area contributed by atoms with Gasteiger partial charge in [-0.15, -0.1) is 0 Å². The van der Waals surface area contributed by atoms with Gasteiger partial charge in [-0.2, -0.15) is 0 Å². The second-order valence-electron chi connectivity index (χ2n) is 9.31. The molecule has 2 aromatic carbocycles. The molecule has 0 amide bonds. The van der Waals surface area contributed by atoms with E-state index < -0.39 is 0 Å². The van der Waals surface area contributed by atoms with Gasteiger partial charge in [0.1, 0.15) is 5.75 Å². The van der Waals surface area contributed by atoms with Crippen LogP contribution in [0.5, 0.6) is 5.75 Å². The Labute approximate surface area is 201 Å². The van der Waals surface area contributed by atoms with Crippen molar-refractivity contribution in [1.29, 1.82) is 0 Å². The third kappa shape index (κ3) is 5.07. The van der Waals surface area contributed by atoms with Gasteiger partial charge in [0.15, 0.2) is 5.11 Å². The zero-order valence-electron chi connectivity index (χ0n) is 19.4. The van der Waals surface area contributed by atoms with Crippen molar-refractivity contribution in [3.8, 4) is 5.75 Å². The number of benzene rings is 2. The van der Waals surface area contributed by atoms with Crippen LogP contribution in [0.4, 0.5) is 11.4 Å². The maximum atomic E-state index is 5.78. The van der Waals surface area contributed by atoms with Crippen LogP contribution in [0.25, 0.3) is 16.5 Å². The summed E-state index contributed by atoms with van der Waals surface area (Å²) in [6, 6.07) is 14.9. The van der Waals surface area contributed by atoms with E-state index in [1.165, 1.54) is 42.3 Å². The van der Waals surface area contributed by atoms with Crippen molar-refractivity contribution >= 4 is 45.2 Å². The maximum absolute atomic E-state index is 5.78. The van der Waals surface area contributed by atoms with Gasteiger partial charge in [-0.3, -0.25) is 4.90 Å². The molecule has 6 heteroatoms. The second-order valence-corrected chi connectivity index (χ2v) is 9.72. The summed E-state index contributed by atoms with van der Waals surface area (Å²) < 4.78 is 5.78. The number of piperidine rings is 1.